The molecular weight excluding hydrogens is 374 g/mol. The van der Waals surface area contributed by atoms with Crippen LogP contribution in [0, 0.1) is 11.3 Å². The molecule has 142 valence electrons. The third-order valence-corrected chi connectivity index (χ3v) is 3.98. The topological polar surface area (TPSA) is 118 Å². The molecule has 8 heteroatoms. The van der Waals surface area contributed by atoms with Crippen molar-refractivity contribution >= 4 is 45.7 Å². The van der Waals surface area contributed by atoms with Crippen molar-refractivity contribution in [2.24, 2.45) is 0 Å². The molecule has 4 aromatic rings. The van der Waals surface area contributed by atoms with Crippen LogP contribution in [0.15, 0.2) is 63.4 Å². The number of hydrogen-bond acceptors (Lipinski definition) is 7. The molecule has 2 aromatic carbocycles. The number of hydrogen-bond donors (Lipinski definition) is 1. The molecular formula is C21H13N3O5. The van der Waals surface area contributed by atoms with Crippen LogP contribution < -0.4 is 5.32 Å². The average molecular weight is 387 g/mol. The Kier molecular flexibility index (Phi) is 4.78. The molecule has 0 bridgehead atoms. The summed E-state index contributed by atoms with van der Waals surface area (Å²) in [6, 6.07) is 16.0. The smallest absolute Gasteiger partial charge is 0.331 e. The molecule has 0 atom stereocenters. The number of fused-ring (bicyclic) bond motifs is 2. The van der Waals surface area contributed by atoms with Crippen LogP contribution in [0.1, 0.15) is 11.7 Å². The zero-order valence-corrected chi connectivity index (χ0v) is 14.9. The van der Waals surface area contributed by atoms with Crippen molar-refractivity contribution in [2.45, 2.75) is 0 Å². The van der Waals surface area contributed by atoms with Gasteiger partial charge in [-0.3, -0.25) is 4.79 Å². The molecule has 0 saturated heterocycles. The highest BCUT2D eigenvalue weighted by Crippen LogP contribution is 2.30. The fourth-order valence-corrected chi connectivity index (χ4v) is 2.71. The minimum Gasteiger partial charge on any atom is -0.452 e. The number of carbonyl (C=O) groups excluding carboxylic acids is 2. The third kappa shape index (κ3) is 3.84. The number of rotatable bonds is 5. The van der Waals surface area contributed by atoms with Crippen LogP contribution in [-0.4, -0.2) is 23.5 Å². The number of anilines is 1. The van der Waals surface area contributed by atoms with Gasteiger partial charge in [-0.1, -0.05) is 24.3 Å². The highest BCUT2D eigenvalue weighted by Gasteiger charge is 2.16. The van der Waals surface area contributed by atoms with Gasteiger partial charge in [0, 0.05) is 17.5 Å². The van der Waals surface area contributed by atoms with Gasteiger partial charge in [0.25, 0.3) is 5.91 Å². The number of esters is 1. The maximum absolute atomic E-state index is 12.1. The largest absolute Gasteiger partial charge is 0.452 e. The first-order valence-electron chi connectivity index (χ1n) is 8.56. The SMILES string of the molecule is N#Cc1oc2ccccc2c1NC(=O)COC(=O)/C=C/c1nc2ccccc2o1. The number of nitrogens with zero attached hydrogens (tertiary/aromatic N) is 2. The van der Waals surface area contributed by atoms with E-state index >= 15 is 0 Å². The summed E-state index contributed by atoms with van der Waals surface area (Å²) in [7, 11) is 0. The molecule has 4 rings (SSSR count). The van der Waals surface area contributed by atoms with Crippen molar-refractivity contribution in [3.05, 3.63) is 66.3 Å². The Bertz CT molecular complexity index is 1260. The van der Waals surface area contributed by atoms with Gasteiger partial charge < -0.3 is 18.9 Å². The lowest BCUT2D eigenvalue weighted by Gasteiger charge is -2.04. The van der Waals surface area contributed by atoms with Gasteiger partial charge in [-0.15, -0.1) is 0 Å². The summed E-state index contributed by atoms with van der Waals surface area (Å²) in [4.78, 5) is 28.2. The quantitative estimate of drug-likeness (QED) is 0.410. The molecule has 8 nitrogen and oxygen atoms in total. The lowest BCUT2D eigenvalue weighted by Crippen LogP contribution is -2.20. The van der Waals surface area contributed by atoms with Crippen LogP contribution >= 0.6 is 0 Å². The monoisotopic (exact) mass is 387 g/mol. The van der Waals surface area contributed by atoms with Crippen LogP contribution in [0.5, 0.6) is 0 Å². The first-order valence-corrected chi connectivity index (χ1v) is 8.56. The standard InChI is InChI=1S/C21H13N3O5/c22-11-17-21(13-5-1-3-7-15(13)28-17)24-18(25)12-27-20(26)10-9-19-23-14-6-2-4-8-16(14)29-19/h1-10H,12H2,(H,24,25)/b10-9+. The molecule has 2 heterocycles. The first-order chi connectivity index (χ1) is 14.1. The second kappa shape index (κ2) is 7.70. The first kappa shape index (κ1) is 18.0. The molecule has 0 aliphatic rings. The number of ether oxygens (including phenoxy) is 1. The van der Waals surface area contributed by atoms with Gasteiger partial charge in [0.1, 0.15) is 22.9 Å². The Labute approximate surface area is 164 Å². The molecule has 1 amide bonds. The van der Waals surface area contributed by atoms with E-state index in [9.17, 15) is 14.9 Å². The molecule has 0 aliphatic carbocycles. The number of furan rings is 1. The molecule has 0 saturated carbocycles. The number of amides is 1. The Balaban J connectivity index is 1.37. The van der Waals surface area contributed by atoms with E-state index in [0.29, 0.717) is 22.1 Å². The van der Waals surface area contributed by atoms with Crippen molar-refractivity contribution in [1.82, 2.24) is 4.98 Å². The normalized spacial score (nSPS) is 11.0. The zero-order chi connectivity index (χ0) is 20.2. The highest BCUT2D eigenvalue weighted by molar-refractivity contribution is 6.03. The number of nitriles is 1. The maximum atomic E-state index is 12.1. The van der Waals surface area contributed by atoms with Crippen LogP contribution in [-0.2, 0) is 14.3 Å². The predicted octanol–water partition coefficient (Wildman–Crippen LogP) is 3.64. The molecule has 0 aliphatic heterocycles. The second-order valence-corrected chi connectivity index (χ2v) is 5.92. The van der Waals surface area contributed by atoms with Crippen molar-refractivity contribution in [1.29, 1.82) is 5.26 Å². The van der Waals surface area contributed by atoms with Gasteiger partial charge in [-0.05, 0) is 24.3 Å². The zero-order valence-electron chi connectivity index (χ0n) is 14.9. The Hall–Kier alpha value is -4.38. The van der Waals surface area contributed by atoms with E-state index in [-0.39, 0.29) is 17.3 Å². The van der Waals surface area contributed by atoms with Gasteiger partial charge >= 0.3 is 5.97 Å². The summed E-state index contributed by atoms with van der Waals surface area (Å²) < 4.78 is 15.7. The van der Waals surface area contributed by atoms with E-state index in [1.807, 2.05) is 18.2 Å². The van der Waals surface area contributed by atoms with Crippen molar-refractivity contribution < 1.29 is 23.2 Å². The number of para-hydroxylation sites is 3. The summed E-state index contributed by atoms with van der Waals surface area (Å²) in [5.41, 5.74) is 1.98. The van der Waals surface area contributed by atoms with E-state index in [1.54, 1.807) is 36.4 Å². The van der Waals surface area contributed by atoms with Crippen LogP contribution in [0.4, 0.5) is 5.69 Å². The minimum absolute atomic E-state index is 0.0262. The van der Waals surface area contributed by atoms with Crippen molar-refractivity contribution in [2.75, 3.05) is 11.9 Å². The fourth-order valence-electron chi connectivity index (χ4n) is 2.71. The highest BCUT2D eigenvalue weighted by atomic mass is 16.5. The molecule has 29 heavy (non-hydrogen) atoms. The number of oxazole rings is 1. The number of benzene rings is 2. The van der Waals surface area contributed by atoms with Crippen LogP contribution in [0.3, 0.4) is 0 Å². The predicted molar refractivity (Wildman–Crippen MR) is 104 cm³/mol. The third-order valence-electron chi connectivity index (χ3n) is 3.98. The molecule has 2 aromatic heterocycles. The van der Waals surface area contributed by atoms with Crippen LogP contribution in [0.25, 0.3) is 28.1 Å². The Morgan fingerprint density at radius 2 is 1.86 bits per heavy atom. The molecule has 0 spiro atoms. The summed E-state index contributed by atoms with van der Waals surface area (Å²) in [6.45, 7) is -0.527. The molecule has 0 radical (unpaired) electrons. The van der Waals surface area contributed by atoms with E-state index in [4.69, 9.17) is 13.6 Å². The molecule has 1 N–H and O–H groups in total. The molecule has 0 fully saturated rings. The summed E-state index contributed by atoms with van der Waals surface area (Å²) >= 11 is 0. The second-order valence-electron chi connectivity index (χ2n) is 5.92. The van der Waals surface area contributed by atoms with E-state index in [2.05, 4.69) is 10.3 Å². The van der Waals surface area contributed by atoms with E-state index < -0.39 is 18.5 Å². The summed E-state index contributed by atoms with van der Waals surface area (Å²) in [5, 5.41) is 12.3. The van der Waals surface area contributed by atoms with E-state index in [0.717, 1.165) is 6.08 Å². The maximum Gasteiger partial charge on any atom is 0.331 e. The van der Waals surface area contributed by atoms with E-state index in [1.165, 1.54) is 6.08 Å². The minimum atomic E-state index is -0.736. The van der Waals surface area contributed by atoms with Gasteiger partial charge in [-0.25, -0.2) is 9.78 Å². The number of carbonyl (C=O) groups is 2. The fraction of sp³-hybridized carbons (Fsp3) is 0.0476. The average Bonchev–Trinajstić information content (AvgIpc) is 3.31. The lowest BCUT2D eigenvalue weighted by atomic mass is 10.2. The van der Waals surface area contributed by atoms with Gasteiger partial charge in [0.2, 0.25) is 11.7 Å². The molecule has 0 unspecified atom stereocenters. The number of aromatic nitrogens is 1. The summed E-state index contributed by atoms with van der Waals surface area (Å²) in [6.07, 6.45) is 2.48. The van der Waals surface area contributed by atoms with Gasteiger partial charge in [0.15, 0.2) is 12.2 Å². The number of nitrogens with one attached hydrogen (secondary N) is 1. The van der Waals surface area contributed by atoms with Gasteiger partial charge in [0.05, 0.1) is 0 Å². The van der Waals surface area contributed by atoms with Crippen LogP contribution in [0.2, 0.25) is 0 Å². The Morgan fingerprint density at radius 1 is 1.10 bits per heavy atom. The Morgan fingerprint density at radius 3 is 2.66 bits per heavy atom. The lowest BCUT2D eigenvalue weighted by molar-refractivity contribution is -0.142. The summed E-state index contributed by atoms with van der Waals surface area (Å²) in [5.74, 6) is -1.12. The van der Waals surface area contributed by atoms with Crippen molar-refractivity contribution in [3.8, 4) is 6.07 Å². The van der Waals surface area contributed by atoms with Crippen molar-refractivity contribution in [3.63, 3.8) is 0 Å². The van der Waals surface area contributed by atoms with Gasteiger partial charge in [-0.2, -0.15) is 5.26 Å².